The van der Waals surface area contributed by atoms with Crippen LogP contribution in [0.5, 0.6) is 0 Å². The van der Waals surface area contributed by atoms with Crippen LogP contribution in [0.25, 0.3) is 0 Å². The second-order valence-corrected chi connectivity index (χ2v) is 14.2. The number of hydrogen-bond acceptors (Lipinski definition) is 0. The van der Waals surface area contributed by atoms with Crippen molar-refractivity contribution in [3.05, 3.63) is 0 Å². The SMILES string of the molecule is CCC[CH2][SnH]([CH2]CCC)[CH2]CCC.[Cu]. The Balaban J connectivity index is 0. The summed E-state index contributed by atoms with van der Waals surface area (Å²) in [6.07, 6.45) is 8.87. The van der Waals surface area contributed by atoms with E-state index in [0.29, 0.717) is 0 Å². The number of rotatable bonds is 9. The largest absolute Gasteiger partial charge is 0 e. The summed E-state index contributed by atoms with van der Waals surface area (Å²) in [4.78, 5) is 0. The van der Waals surface area contributed by atoms with Crippen LogP contribution in [-0.2, 0) is 17.1 Å². The molecule has 0 spiro atoms. The van der Waals surface area contributed by atoms with Gasteiger partial charge in [0.1, 0.15) is 0 Å². The number of unbranched alkanes of at least 4 members (excludes halogenated alkanes) is 3. The van der Waals surface area contributed by atoms with Crippen molar-refractivity contribution < 1.29 is 17.1 Å². The van der Waals surface area contributed by atoms with Crippen molar-refractivity contribution in [2.24, 2.45) is 0 Å². The van der Waals surface area contributed by atoms with Crippen molar-refractivity contribution in [2.45, 2.75) is 72.6 Å². The van der Waals surface area contributed by atoms with Crippen molar-refractivity contribution in [1.82, 2.24) is 0 Å². The van der Waals surface area contributed by atoms with E-state index in [9.17, 15) is 0 Å². The van der Waals surface area contributed by atoms with E-state index < -0.39 is 19.8 Å². The first kappa shape index (κ1) is 17.7. The topological polar surface area (TPSA) is 0 Å². The van der Waals surface area contributed by atoms with Crippen molar-refractivity contribution in [3.8, 4) is 0 Å². The van der Waals surface area contributed by atoms with E-state index in [-0.39, 0.29) is 17.1 Å². The van der Waals surface area contributed by atoms with Crippen molar-refractivity contribution in [3.63, 3.8) is 0 Å². The number of hydrogen-bond donors (Lipinski definition) is 0. The zero-order chi connectivity index (χ0) is 9.94. The molecule has 91 valence electrons. The maximum Gasteiger partial charge on any atom is 0 e. The van der Waals surface area contributed by atoms with Crippen LogP contribution in [0.2, 0.25) is 13.3 Å². The van der Waals surface area contributed by atoms with Gasteiger partial charge in [-0.1, -0.05) is 0 Å². The quantitative estimate of drug-likeness (QED) is 0.530. The Morgan fingerprint density at radius 3 is 1.14 bits per heavy atom. The fourth-order valence-corrected chi connectivity index (χ4v) is 12.8. The first-order chi connectivity index (χ1) is 6.35. The minimum Gasteiger partial charge on any atom is 0 e. The molecule has 0 N–H and O–H groups in total. The normalized spacial score (nSPS) is 10.3. The first-order valence-electron chi connectivity index (χ1n) is 6.35. The van der Waals surface area contributed by atoms with Crippen LogP contribution < -0.4 is 0 Å². The standard InChI is InChI=1S/3C4H9.Cu.Sn.H/c3*1-3-4-2;;;/h3*1,3-4H2,2H3;;;. The summed E-state index contributed by atoms with van der Waals surface area (Å²) >= 11 is -0.967. The van der Waals surface area contributed by atoms with E-state index >= 15 is 0 Å². The van der Waals surface area contributed by atoms with Crippen LogP contribution in [0, 0.1) is 0 Å². The molecule has 0 aliphatic rings. The monoisotopic (exact) mass is 355 g/mol. The predicted octanol–water partition coefficient (Wildman–Crippen LogP) is 4.61. The van der Waals surface area contributed by atoms with Crippen LogP contribution in [0.3, 0.4) is 0 Å². The van der Waals surface area contributed by atoms with Gasteiger partial charge in [-0.05, 0) is 0 Å². The maximum absolute atomic E-state index is 2.34. The zero-order valence-corrected chi connectivity index (χ0v) is 14.5. The maximum atomic E-state index is 2.34. The van der Waals surface area contributed by atoms with Gasteiger partial charge in [-0.15, -0.1) is 0 Å². The third-order valence-electron chi connectivity index (χ3n) is 2.90. The summed E-state index contributed by atoms with van der Waals surface area (Å²) in [6, 6.07) is 0. The van der Waals surface area contributed by atoms with Gasteiger partial charge in [0.15, 0.2) is 0 Å². The van der Waals surface area contributed by atoms with Gasteiger partial charge < -0.3 is 0 Å². The summed E-state index contributed by atoms with van der Waals surface area (Å²) in [6.45, 7) is 7.01. The minimum atomic E-state index is -0.967. The van der Waals surface area contributed by atoms with Gasteiger partial charge in [0.2, 0.25) is 0 Å². The van der Waals surface area contributed by atoms with E-state index in [2.05, 4.69) is 20.8 Å². The third-order valence-corrected chi connectivity index (χ3v) is 13.4. The summed E-state index contributed by atoms with van der Waals surface area (Å²) < 4.78 is 5.08. The molecular weight excluding hydrogens is 326 g/mol. The average Bonchev–Trinajstić information content (AvgIpc) is 2.17. The third kappa shape index (κ3) is 11.4. The Morgan fingerprint density at radius 1 is 0.643 bits per heavy atom. The van der Waals surface area contributed by atoms with Gasteiger partial charge in [0.05, 0.1) is 0 Å². The van der Waals surface area contributed by atoms with Crippen LogP contribution in [0.15, 0.2) is 0 Å². The Morgan fingerprint density at radius 2 is 0.929 bits per heavy atom. The molecule has 0 unspecified atom stereocenters. The molecule has 0 heterocycles. The molecule has 0 aromatic rings. The zero-order valence-electron chi connectivity index (χ0n) is 10.2. The molecule has 0 nitrogen and oxygen atoms in total. The van der Waals surface area contributed by atoms with Gasteiger partial charge >= 0.3 is 92.4 Å². The fraction of sp³-hybridized carbons (Fsp3) is 1.00. The Labute approximate surface area is 109 Å². The Hall–Kier alpha value is 1.32. The molecule has 0 saturated heterocycles. The summed E-state index contributed by atoms with van der Waals surface area (Å²) in [5, 5.41) is 0. The molecule has 1 radical (unpaired) electrons. The molecule has 0 aliphatic carbocycles. The molecule has 14 heavy (non-hydrogen) atoms. The Kier molecular flexibility index (Phi) is 18.1. The van der Waals surface area contributed by atoms with Gasteiger partial charge in [-0.2, -0.15) is 0 Å². The second-order valence-electron chi connectivity index (χ2n) is 4.29. The van der Waals surface area contributed by atoms with Crippen molar-refractivity contribution in [2.75, 3.05) is 0 Å². The van der Waals surface area contributed by atoms with Crippen LogP contribution in [0.1, 0.15) is 59.3 Å². The molecule has 0 aliphatic heterocycles. The van der Waals surface area contributed by atoms with Crippen LogP contribution in [-0.4, -0.2) is 19.8 Å². The molecule has 0 aromatic carbocycles. The van der Waals surface area contributed by atoms with Gasteiger partial charge in [0.25, 0.3) is 0 Å². The summed E-state index contributed by atoms with van der Waals surface area (Å²) in [7, 11) is 0. The molecule has 0 atom stereocenters. The minimum absolute atomic E-state index is 0. The molecular formula is C12H28CuSn. The fourth-order valence-electron chi connectivity index (χ4n) is 1.91. The summed E-state index contributed by atoms with van der Waals surface area (Å²) in [5.41, 5.74) is 0. The Bertz CT molecular complexity index is 77.3. The molecule has 0 amide bonds. The smallest absolute Gasteiger partial charge is 0 e. The van der Waals surface area contributed by atoms with Gasteiger partial charge in [-0.3, -0.25) is 0 Å². The van der Waals surface area contributed by atoms with Crippen LogP contribution in [0.4, 0.5) is 0 Å². The molecule has 2 heteroatoms. The van der Waals surface area contributed by atoms with E-state index in [4.69, 9.17) is 0 Å². The molecule has 0 aromatic heterocycles. The molecule has 0 bridgehead atoms. The van der Waals surface area contributed by atoms with E-state index in [1.165, 1.54) is 38.5 Å². The summed E-state index contributed by atoms with van der Waals surface area (Å²) in [5.74, 6) is 0. The van der Waals surface area contributed by atoms with Gasteiger partial charge in [-0.25, -0.2) is 0 Å². The van der Waals surface area contributed by atoms with E-state index in [0.717, 1.165) is 0 Å². The molecule has 0 saturated carbocycles. The van der Waals surface area contributed by atoms with Crippen LogP contribution >= 0.6 is 0 Å². The van der Waals surface area contributed by atoms with Crippen molar-refractivity contribution >= 4 is 19.8 Å². The van der Waals surface area contributed by atoms with Crippen molar-refractivity contribution in [1.29, 1.82) is 0 Å². The average molecular weight is 355 g/mol. The van der Waals surface area contributed by atoms with Gasteiger partial charge in [0, 0.05) is 17.1 Å². The molecule has 0 rings (SSSR count). The molecule has 0 fully saturated rings. The van der Waals surface area contributed by atoms with E-state index in [1.54, 1.807) is 13.3 Å². The predicted molar refractivity (Wildman–Crippen MR) is 66.3 cm³/mol. The second kappa shape index (κ2) is 14.3. The van der Waals surface area contributed by atoms with E-state index in [1.807, 2.05) is 0 Å². The first-order valence-corrected chi connectivity index (χ1v) is 13.3.